The molecule has 29 heavy (non-hydrogen) atoms. The molecule has 2 aromatic rings. The number of carbonyl (C=O) groups excluding carboxylic acids is 1. The van der Waals surface area contributed by atoms with Crippen LogP contribution in [0.3, 0.4) is 0 Å². The fourth-order valence-electron chi connectivity index (χ4n) is 2.34. The van der Waals surface area contributed by atoms with Crippen LogP contribution in [0.5, 0.6) is 0 Å². The molecule has 0 aliphatic heterocycles. The number of nitrogens with zero attached hydrogens (tertiary/aromatic N) is 3. The molecule has 0 aliphatic carbocycles. The van der Waals surface area contributed by atoms with Gasteiger partial charge in [-0.25, -0.2) is 4.79 Å². The number of nitriles is 1. The number of anilines is 2. The van der Waals surface area contributed by atoms with Crippen molar-refractivity contribution in [3.63, 3.8) is 0 Å². The van der Waals surface area contributed by atoms with Crippen LogP contribution in [0.2, 0.25) is 0 Å². The molecule has 7 nitrogen and oxygen atoms in total. The maximum Gasteiger partial charge on any atom is 0.339 e. The molecule has 0 aliphatic rings. The van der Waals surface area contributed by atoms with E-state index in [9.17, 15) is 15.0 Å². The van der Waals surface area contributed by atoms with Gasteiger partial charge in [0.15, 0.2) is 12.2 Å². The van der Waals surface area contributed by atoms with Crippen molar-refractivity contribution in [3.8, 4) is 6.07 Å². The van der Waals surface area contributed by atoms with Gasteiger partial charge < -0.3 is 24.7 Å². The summed E-state index contributed by atoms with van der Waals surface area (Å²) >= 11 is 0. The number of hydrogen-bond acceptors (Lipinski definition) is 7. The Hall–Kier alpha value is -3.08. The maximum absolute atomic E-state index is 11.3. The van der Waals surface area contributed by atoms with Gasteiger partial charge in [-0.2, -0.15) is 5.26 Å². The van der Waals surface area contributed by atoms with E-state index >= 15 is 0 Å². The predicted octanol–water partition coefficient (Wildman–Crippen LogP) is 2.66. The Morgan fingerprint density at radius 3 is 1.69 bits per heavy atom. The fraction of sp³-hybridized carbons (Fsp3) is 0.364. The molecule has 0 aromatic heterocycles. The van der Waals surface area contributed by atoms with Crippen molar-refractivity contribution in [3.05, 3.63) is 59.7 Å². The second-order valence-electron chi connectivity index (χ2n) is 6.66. The van der Waals surface area contributed by atoms with Gasteiger partial charge in [0.05, 0.1) is 12.7 Å². The molecule has 0 amide bonds. The zero-order valence-corrected chi connectivity index (χ0v) is 17.5. The Balaban J connectivity index is 0.000000296. The second kappa shape index (κ2) is 11.7. The first kappa shape index (κ1) is 24.0. The van der Waals surface area contributed by atoms with Gasteiger partial charge in [-0.3, -0.25) is 0 Å². The number of esters is 1. The van der Waals surface area contributed by atoms with E-state index in [0.717, 1.165) is 11.4 Å². The van der Waals surface area contributed by atoms with Crippen LogP contribution in [-0.4, -0.2) is 51.0 Å². The molecule has 0 spiro atoms. The lowest BCUT2D eigenvalue weighted by Crippen LogP contribution is -2.15. The van der Waals surface area contributed by atoms with E-state index in [1.165, 1.54) is 0 Å². The van der Waals surface area contributed by atoms with Gasteiger partial charge in [0, 0.05) is 39.6 Å². The monoisotopic (exact) mass is 399 g/mol. The zero-order valence-electron chi connectivity index (χ0n) is 17.5. The molecular formula is C22H29N3O4. The van der Waals surface area contributed by atoms with Crippen molar-refractivity contribution in [1.82, 2.24) is 0 Å². The molecule has 7 heteroatoms. The van der Waals surface area contributed by atoms with Gasteiger partial charge in [0.1, 0.15) is 0 Å². The van der Waals surface area contributed by atoms with Crippen LogP contribution in [0.4, 0.5) is 11.4 Å². The van der Waals surface area contributed by atoms with Crippen LogP contribution in [0, 0.1) is 11.3 Å². The highest BCUT2D eigenvalue weighted by atomic mass is 16.5. The third-order valence-corrected chi connectivity index (χ3v) is 4.08. The number of rotatable bonds is 6. The van der Waals surface area contributed by atoms with E-state index in [1.807, 2.05) is 62.3 Å². The van der Waals surface area contributed by atoms with Crippen LogP contribution >= 0.6 is 0 Å². The molecule has 2 N–H and O–H groups in total. The topological polar surface area (TPSA) is 97.0 Å². The summed E-state index contributed by atoms with van der Waals surface area (Å²) in [6.07, 6.45) is -2.22. The number of hydrogen-bond donors (Lipinski definition) is 2. The molecule has 2 aromatic carbocycles. The summed E-state index contributed by atoms with van der Waals surface area (Å²) in [5, 5.41) is 27.3. The van der Waals surface area contributed by atoms with E-state index in [-0.39, 0.29) is 6.61 Å². The lowest BCUT2D eigenvalue weighted by atomic mass is 10.1. The Labute approximate surface area is 172 Å². The first-order chi connectivity index (χ1) is 13.7. The van der Waals surface area contributed by atoms with Crippen LogP contribution in [0.25, 0.3) is 0 Å². The molecule has 0 bridgehead atoms. The average Bonchev–Trinajstić information content (AvgIpc) is 2.73. The standard InChI is InChI=1S/C12H17NO3.C10H12N2O/c1-4-16-12(15)11(14)9-5-7-10(8-6-9)13(2)3;1-12(2)9-5-3-8(4-6-9)10(13)7-11/h5-8,11,14H,4H2,1-3H3;3-6,10,13H,1-2H3. The van der Waals surface area contributed by atoms with Crippen molar-refractivity contribution in [2.45, 2.75) is 19.1 Å². The van der Waals surface area contributed by atoms with E-state index in [0.29, 0.717) is 11.1 Å². The van der Waals surface area contributed by atoms with Gasteiger partial charge in [-0.1, -0.05) is 24.3 Å². The number of benzene rings is 2. The predicted molar refractivity (Wildman–Crippen MR) is 114 cm³/mol. The summed E-state index contributed by atoms with van der Waals surface area (Å²) in [6.45, 7) is 1.98. The van der Waals surface area contributed by atoms with E-state index < -0.39 is 18.2 Å². The lowest BCUT2D eigenvalue weighted by molar-refractivity contribution is -0.153. The number of aliphatic hydroxyl groups is 2. The summed E-state index contributed by atoms with van der Waals surface area (Å²) < 4.78 is 4.74. The minimum absolute atomic E-state index is 0.270. The van der Waals surface area contributed by atoms with Gasteiger partial charge in [-0.05, 0) is 42.3 Å². The Morgan fingerprint density at radius 2 is 1.34 bits per heavy atom. The van der Waals surface area contributed by atoms with Crippen molar-refractivity contribution in [2.75, 3.05) is 44.6 Å². The van der Waals surface area contributed by atoms with E-state index in [2.05, 4.69) is 0 Å². The summed E-state index contributed by atoms with van der Waals surface area (Å²) in [4.78, 5) is 15.2. The van der Waals surface area contributed by atoms with Crippen molar-refractivity contribution < 1.29 is 19.7 Å². The molecule has 0 saturated heterocycles. The minimum Gasteiger partial charge on any atom is -0.464 e. The second-order valence-corrected chi connectivity index (χ2v) is 6.66. The molecule has 2 atom stereocenters. The molecule has 156 valence electrons. The van der Waals surface area contributed by atoms with Gasteiger partial charge in [0.25, 0.3) is 0 Å². The molecule has 2 rings (SSSR count). The quantitative estimate of drug-likeness (QED) is 0.569. The Morgan fingerprint density at radius 1 is 0.931 bits per heavy atom. The normalized spacial score (nSPS) is 11.9. The molecule has 0 saturated carbocycles. The Bertz CT molecular complexity index is 796. The summed E-state index contributed by atoms with van der Waals surface area (Å²) in [7, 11) is 7.74. The zero-order chi connectivity index (χ0) is 22.0. The van der Waals surface area contributed by atoms with Gasteiger partial charge in [-0.15, -0.1) is 0 Å². The van der Waals surface area contributed by atoms with Crippen molar-refractivity contribution in [1.29, 1.82) is 5.26 Å². The number of ether oxygens (including phenoxy) is 1. The molecule has 2 unspecified atom stereocenters. The van der Waals surface area contributed by atoms with Gasteiger partial charge >= 0.3 is 5.97 Å². The average molecular weight is 399 g/mol. The smallest absolute Gasteiger partial charge is 0.339 e. The van der Waals surface area contributed by atoms with Crippen molar-refractivity contribution in [2.24, 2.45) is 0 Å². The number of carbonyl (C=O) groups is 1. The molecule has 0 fully saturated rings. The van der Waals surface area contributed by atoms with Crippen LogP contribution in [0.15, 0.2) is 48.5 Å². The third-order valence-electron chi connectivity index (χ3n) is 4.08. The highest BCUT2D eigenvalue weighted by molar-refractivity contribution is 5.76. The summed E-state index contributed by atoms with van der Waals surface area (Å²) in [5.41, 5.74) is 3.24. The molecular weight excluding hydrogens is 370 g/mol. The Kier molecular flexibility index (Phi) is 9.66. The number of aliphatic hydroxyl groups excluding tert-OH is 2. The van der Waals surface area contributed by atoms with E-state index in [1.54, 1.807) is 37.3 Å². The van der Waals surface area contributed by atoms with E-state index in [4.69, 9.17) is 10.00 Å². The lowest BCUT2D eigenvalue weighted by Gasteiger charge is -2.14. The summed E-state index contributed by atoms with van der Waals surface area (Å²) in [5.74, 6) is -0.611. The SMILES string of the molecule is CCOC(=O)C(O)c1ccc(N(C)C)cc1.CN(C)c1ccc(C(O)C#N)cc1. The van der Waals surface area contributed by atoms with Gasteiger partial charge in [0.2, 0.25) is 0 Å². The van der Waals surface area contributed by atoms with Crippen LogP contribution in [-0.2, 0) is 9.53 Å². The molecule has 0 radical (unpaired) electrons. The molecule has 0 heterocycles. The van der Waals surface area contributed by atoms with Crippen molar-refractivity contribution >= 4 is 17.3 Å². The minimum atomic E-state index is -1.20. The first-order valence-corrected chi connectivity index (χ1v) is 9.18. The fourth-order valence-corrected chi connectivity index (χ4v) is 2.34. The highest BCUT2D eigenvalue weighted by Gasteiger charge is 2.18. The third kappa shape index (κ3) is 7.45. The highest BCUT2D eigenvalue weighted by Crippen LogP contribution is 2.19. The summed E-state index contributed by atoms with van der Waals surface area (Å²) in [6, 6.07) is 16.1. The first-order valence-electron chi connectivity index (χ1n) is 9.18. The maximum atomic E-state index is 11.3. The van der Waals surface area contributed by atoms with Crippen LogP contribution < -0.4 is 9.80 Å². The largest absolute Gasteiger partial charge is 0.464 e. The van der Waals surface area contributed by atoms with Crippen LogP contribution in [0.1, 0.15) is 30.3 Å².